The van der Waals surface area contributed by atoms with Crippen LogP contribution in [0.3, 0.4) is 0 Å². The summed E-state index contributed by atoms with van der Waals surface area (Å²) in [7, 11) is 0. The van der Waals surface area contributed by atoms with Crippen LogP contribution in [-0.4, -0.2) is 60.8 Å². The minimum Gasteiger partial charge on any atom is -0.378 e. The highest BCUT2D eigenvalue weighted by molar-refractivity contribution is 5.89. The summed E-state index contributed by atoms with van der Waals surface area (Å²) in [6.45, 7) is 6.32. The number of likely N-dealkylation sites (tertiary alicyclic amines) is 1. The summed E-state index contributed by atoms with van der Waals surface area (Å²) in [4.78, 5) is 16.8. The number of nitrogens with one attached hydrogen (secondary N) is 1. The van der Waals surface area contributed by atoms with Crippen molar-refractivity contribution in [3.05, 3.63) is 89.5 Å². The molecule has 192 valence electrons. The maximum absolute atomic E-state index is 12.5. The van der Waals surface area contributed by atoms with Gasteiger partial charge >= 0.3 is 6.03 Å². The Balaban J connectivity index is 1.06. The molecule has 0 aliphatic carbocycles. The van der Waals surface area contributed by atoms with Crippen molar-refractivity contribution in [1.29, 1.82) is 0 Å². The van der Waals surface area contributed by atoms with Gasteiger partial charge in [0.05, 0.1) is 25.4 Å². The molecular formula is C31H35N3O3. The quantitative estimate of drug-likeness (QED) is 0.530. The van der Waals surface area contributed by atoms with Crippen molar-refractivity contribution in [2.75, 3.05) is 44.7 Å². The number of rotatable bonds is 4. The van der Waals surface area contributed by atoms with Crippen LogP contribution in [0.25, 0.3) is 11.1 Å². The maximum Gasteiger partial charge on any atom is 0.321 e. The number of carbonyl (C=O) groups excluding carboxylic acids is 1. The van der Waals surface area contributed by atoms with Crippen LogP contribution in [0, 0.1) is 0 Å². The molecule has 6 heteroatoms. The first kappa shape index (κ1) is 24.2. The first-order chi connectivity index (χ1) is 18.2. The Morgan fingerprint density at radius 2 is 1.57 bits per heavy atom. The molecule has 3 aromatic rings. The third kappa shape index (κ3) is 5.57. The van der Waals surface area contributed by atoms with Crippen molar-refractivity contribution in [2.45, 2.75) is 38.0 Å². The van der Waals surface area contributed by atoms with Gasteiger partial charge in [-0.05, 0) is 58.9 Å². The molecule has 2 saturated heterocycles. The molecule has 0 bridgehead atoms. The van der Waals surface area contributed by atoms with E-state index in [-0.39, 0.29) is 11.6 Å². The summed E-state index contributed by atoms with van der Waals surface area (Å²) in [6, 6.07) is 25.6. The Labute approximate surface area is 219 Å². The summed E-state index contributed by atoms with van der Waals surface area (Å²) in [5, 5.41) is 3.00. The lowest BCUT2D eigenvalue weighted by Gasteiger charge is -2.44. The summed E-state index contributed by atoms with van der Waals surface area (Å²) >= 11 is 0. The van der Waals surface area contributed by atoms with Gasteiger partial charge in [0.25, 0.3) is 0 Å². The van der Waals surface area contributed by atoms with Crippen molar-refractivity contribution in [2.24, 2.45) is 0 Å². The van der Waals surface area contributed by atoms with E-state index >= 15 is 0 Å². The molecule has 3 aromatic carbocycles. The number of morpholine rings is 1. The number of piperidine rings is 1. The topological polar surface area (TPSA) is 54.0 Å². The Morgan fingerprint density at radius 1 is 0.838 bits per heavy atom. The second-order valence-electron chi connectivity index (χ2n) is 10.5. The average molecular weight is 498 g/mol. The third-order valence-electron chi connectivity index (χ3n) is 8.04. The van der Waals surface area contributed by atoms with Crippen LogP contribution in [0.4, 0.5) is 10.5 Å². The molecule has 0 atom stereocenters. The molecule has 1 N–H and O–H groups in total. The highest BCUT2D eigenvalue weighted by Gasteiger charge is 2.38. The van der Waals surface area contributed by atoms with E-state index in [0.717, 1.165) is 50.1 Å². The van der Waals surface area contributed by atoms with E-state index in [1.54, 1.807) is 4.90 Å². The molecule has 37 heavy (non-hydrogen) atoms. The van der Waals surface area contributed by atoms with Crippen molar-refractivity contribution in [1.82, 2.24) is 9.80 Å². The SMILES string of the molecule is O=C(Nc1ccc(-c2ccc3c(c2)COC2(CCN(Cc4ccccc4)CC2)C3)cc1)N1CCOCC1. The molecule has 1 spiro atoms. The predicted octanol–water partition coefficient (Wildman–Crippen LogP) is 5.33. The fraction of sp³-hybridized carbons (Fsp3) is 0.387. The van der Waals surface area contributed by atoms with Gasteiger partial charge in [-0.1, -0.05) is 54.6 Å². The number of fused-ring (bicyclic) bond motifs is 1. The van der Waals surface area contributed by atoms with Crippen LogP contribution < -0.4 is 5.32 Å². The normalized spacial score (nSPS) is 19.4. The summed E-state index contributed by atoms with van der Waals surface area (Å²) < 4.78 is 11.9. The lowest BCUT2D eigenvalue weighted by molar-refractivity contribution is -0.103. The Hall–Kier alpha value is -3.19. The number of hydrogen-bond acceptors (Lipinski definition) is 4. The van der Waals surface area contributed by atoms with Crippen LogP contribution in [0.2, 0.25) is 0 Å². The van der Waals surface area contributed by atoms with E-state index < -0.39 is 0 Å². The van der Waals surface area contributed by atoms with Gasteiger partial charge in [-0.2, -0.15) is 0 Å². The highest BCUT2D eigenvalue weighted by Crippen LogP contribution is 2.38. The van der Waals surface area contributed by atoms with Crippen molar-refractivity contribution >= 4 is 11.7 Å². The zero-order chi connectivity index (χ0) is 25.1. The van der Waals surface area contributed by atoms with Gasteiger partial charge in [0.1, 0.15) is 0 Å². The van der Waals surface area contributed by atoms with E-state index in [1.807, 2.05) is 12.1 Å². The number of urea groups is 1. The molecule has 2 amide bonds. The van der Waals surface area contributed by atoms with E-state index in [0.29, 0.717) is 32.9 Å². The van der Waals surface area contributed by atoms with Crippen LogP contribution in [0.15, 0.2) is 72.8 Å². The van der Waals surface area contributed by atoms with Crippen molar-refractivity contribution < 1.29 is 14.3 Å². The fourth-order valence-electron chi connectivity index (χ4n) is 5.74. The second-order valence-corrected chi connectivity index (χ2v) is 10.5. The number of anilines is 1. The zero-order valence-corrected chi connectivity index (χ0v) is 21.3. The molecule has 0 saturated carbocycles. The molecule has 3 aliphatic rings. The molecule has 3 aliphatic heterocycles. The van der Waals surface area contributed by atoms with Crippen LogP contribution >= 0.6 is 0 Å². The largest absolute Gasteiger partial charge is 0.378 e. The van der Waals surface area contributed by atoms with Gasteiger partial charge in [-0.15, -0.1) is 0 Å². The van der Waals surface area contributed by atoms with E-state index in [4.69, 9.17) is 9.47 Å². The van der Waals surface area contributed by atoms with Crippen molar-refractivity contribution in [3.8, 4) is 11.1 Å². The number of benzene rings is 3. The molecular weight excluding hydrogens is 462 g/mol. The molecule has 0 unspecified atom stereocenters. The Kier molecular flexibility index (Phi) is 6.96. The first-order valence-corrected chi connectivity index (χ1v) is 13.4. The van der Waals surface area contributed by atoms with Gasteiger partial charge in [0, 0.05) is 44.8 Å². The second kappa shape index (κ2) is 10.7. The van der Waals surface area contributed by atoms with E-state index in [9.17, 15) is 4.79 Å². The van der Waals surface area contributed by atoms with Gasteiger partial charge in [-0.25, -0.2) is 4.79 Å². The third-order valence-corrected chi connectivity index (χ3v) is 8.04. The number of amides is 2. The van der Waals surface area contributed by atoms with Gasteiger partial charge in [0.2, 0.25) is 0 Å². The monoisotopic (exact) mass is 497 g/mol. The van der Waals surface area contributed by atoms with E-state index in [2.05, 4.69) is 70.9 Å². The van der Waals surface area contributed by atoms with Crippen LogP contribution in [-0.2, 0) is 29.0 Å². The Bertz CT molecular complexity index is 1210. The van der Waals surface area contributed by atoms with Gasteiger partial charge in [-0.3, -0.25) is 4.90 Å². The molecule has 0 aromatic heterocycles. The highest BCUT2D eigenvalue weighted by atomic mass is 16.5. The smallest absolute Gasteiger partial charge is 0.321 e. The number of ether oxygens (including phenoxy) is 2. The lowest BCUT2D eigenvalue weighted by Crippen LogP contribution is -2.48. The van der Waals surface area contributed by atoms with E-state index in [1.165, 1.54) is 22.3 Å². The van der Waals surface area contributed by atoms with Crippen LogP contribution in [0.5, 0.6) is 0 Å². The molecule has 2 fully saturated rings. The predicted molar refractivity (Wildman–Crippen MR) is 145 cm³/mol. The molecule has 6 rings (SSSR count). The minimum atomic E-state index is -0.0678. The first-order valence-electron chi connectivity index (χ1n) is 13.4. The average Bonchev–Trinajstić information content (AvgIpc) is 2.96. The van der Waals surface area contributed by atoms with Gasteiger partial charge in [0.15, 0.2) is 0 Å². The number of carbonyl (C=O) groups is 1. The Morgan fingerprint density at radius 3 is 2.32 bits per heavy atom. The lowest BCUT2D eigenvalue weighted by atomic mass is 9.81. The van der Waals surface area contributed by atoms with Gasteiger partial charge < -0.3 is 19.7 Å². The van der Waals surface area contributed by atoms with Crippen molar-refractivity contribution in [3.63, 3.8) is 0 Å². The molecule has 0 radical (unpaired) electrons. The standard InChI is InChI=1S/C31H35N3O3/c35-30(34-16-18-36-19-17-34)32-29-10-8-25(9-11-29)26-6-7-27-21-31(37-23-28(27)20-26)12-14-33(15-13-31)22-24-4-2-1-3-5-24/h1-11,20H,12-19,21-23H2,(H,32,35). The maximum atomic E-state index is 12.5. The summed E-state index contributed by atoms with van der Waals surface area (Å²) in [5.41, 5.74) is 7.20. The fourth-order valence-corrected chi connectivity index (χ4v) is 5.74. The number of hydrogen-bond donors (Lipinski definition) is 1. The number of nitrogens with zero attached hydrogens (tertiary/aromatic N) is 2. The zero-order valence-electron chi connectivity index (χ0n) is 21.3. The van der Waals surface area contributed by atoms with Crippen LogP contribution in [0.1, 0.15) is 29.5 Å². The molecule has 3 heterocycles. The summed E-state index contributed by atoms with van der Waals surface area (Å²) in [5.74, 6) is 0. The summed E-state index contributed by atoms with van der Waals surface area (Å²) in [6.07, 6.45) is 3.16. The molecule has 6 nitrogen and oxygen atoms in total. The minimum absolute atomic E-state index is 0.0258.